The lowest BCUT2D eigenvalue weighted by atomic mass is 9.99. The number of carbonyl (C=O) groups is 1. The Bertz CT molecular complexity index is 1060. The van der Waals surface area contributed by atoms with Crippen LogP contribution in [0, 0.1) is 17.6 Å². The number of halogens is 2. The van der Waals surface area contributed by atoms with Gasteiger partial charge in [-0.3, -0.25) is 9.69 Å². The molecule has 3 aromatic rings. The smallest absolute Gasteiger partial charge is 0.286 e. The predicted molar refractivity (Wildman–Crippen MR) is 114 cm³/mol. The fourth-order valence-electron chi connectivity index (χ4n) is 4.03. The standard InChI is InChI=1S/C24H27F2N3O2/c1-16(2)9-10-27-24(30)22-8-6-18(31-22)15-29-13-12-28-11-3-4-21(28)23(29)19-7-5-17(25)14-20(19)26/h3-8,11,14,16,23H,9-10,12-13,15H2,1-2H3,(H,27,30). The molecule has 7 heteroatoms. The van der Waals surface area contributed by atoms with Gasteiger partial charge in [0, 0.05) is 43.2 Å². The van der Waals surface area contributed by atoms with E-state index in [9.17, 15) is 13.6 Å². The molecule has 0 saturated carbocycles. The van der Waals surface area contributed by atoms with E-state index in [1.165, 1.54) is 12.1 Å². The minimum absolute atomic E-state index is 0.236. The summed E-state index contributed by atoms with van der Waals surface area (Å²) in [6.45, 7) is 6.64. The van der Waals surface area contributed by atoms with Crippen LogP contribution in [0.1, 0.15) is 53.9 Å². The first-order chi connectivity index (χ1) is 14.9. The van der Waals surface area contributed by atoms with Crippen LogP contribution in [-0.2, 0) is 13.1 Å². The lowest BCUT2D eigenvalue weighted by Crippen LogP contribution is -2.38. The second kappa shape index (κ2) is 9.06. The third kappa shape index (κ3) is 4.71. The molecule has 0 aliphatic carbocycles. The first-order valence-electron chi connectivity index (χ1n) is 10.6. The summed E-state index contributed by atoms with van der Waals surface area (Å²) in [7, 11) is 0. The SMILES string of the molecule is CC(C)CCNC(=O)c1ccc(CN2CCn3cccc3C2c2ccc(F)cc2F)o1. The third-order valence-corrected chi connectivity index (χ3v) is 5.65. The Morgan fingerprint density at radius 1 is 1.19 bits per heavy atom. The van der Waals surface area contributed by atoms with E-state index >= 15 is 0 Å². The normalized spacial score (nSPS) is 16.5. The van der Waals surface area contributed by atoms with E-state index in [2.05, 4.69) is 28.6 Å². The number of benzene rings is 1. The Balaban J connectivity index is 1.53. The first-order valence-corrected chi connectivity index (χ1v) is 10.6. The molecule has 1 unspecified atom stereocenters. The molecule has 1 atom stereocenters. The number of aromatic nitrogens is 1. The van der Waals surface area contributed by atoms with E-state index in [-0.39, 0.29) is 17.7 Å². The summed E-state index contributed by atoms with van der Waals surface area (Å²) in [6, 6.07) is 10.7. The summed E-state index contributed by atoms with van der Waals surface area (Å²) in [6.07, 6.45) is 2.87. The Kier molecular flexibility index (Phi) is 6.23. The molecule has 0 bridgehead atoms. The van der Waals surface area contributed by atoms with Crippen molar-refractivity contribution in [2.75, 3.05) is 13.1 Å². The number of hydrogen-bond donors (Lipinski definition) is 1. The molecule has 164 valence electrons. The van der Waals surface area contributed by atoms with E-state index in [0.717, 1.165) is 24.7 Å². The van der Waals surface area contributed by atoms with Gasteiger partial charge in [-0.2, -0.15) is 0 Å². The molecule has 0 saturated heterocycles. The largest absolute Gasteiger partial charge is 0.455 e. The zero-order chi connectivity index (χ0) is 22.0. The van der Waals surface area contributed by atoms with Crippen molar-refractivity contribution in [3.05, 3.63) is 83.1 Å². The fraction of sp³-hybridized carbons (Fsp3) is 0.375. The second-order valence-electron chi connectivity index (χ2n) is 8.37. The van der Waals surface area contributed by atoms with Crippen molar-refractivity contribution in [1.82, 2.24) is 14.8 Å². The molecule has 4 rings (SSSR count). The van der Waals surface area contributed by atoms with Crippen molar-refractivity contribution in [3.63, 3.8) is 0 Å². The molecule has 3 heterocycles. The highest BCUT2D eigenvalue weighted by Crippen LogP contribution is 2.35. The molecule has 2 aromatic heterocycles. The molecule has 1 N–H and O–H groups in total. The number of rotatable bonds is 7. The van der Waals surface area contributed by atoms with Crippen LogP contribution in [0.5, 0.6) is 0 Å². The highest BCUT2D eigenvalue weighted by molar-refractivity contribution is 5.91. The minimum atomic E-state index is -0.599. The van der Waals surface area contributed by atoms with Crippen LogP contribution in [0.25, 0.3) is 0 Å². The van der Waals surface area contributed by atoms with Gasteiger partial charge in [-0.05, 0) is 42.7 Å². The summed E-state index contributed by atoms with van der Waals surface area (Å²) >= 11 is 0. The molecule has 1 aliphatic heterocycles. The lowest BCUT2D eigenvalue weighted by molar-refractivity contribution is 0.0917. The predicted octanol–water partition coefficient (Wildman–Crippen LogP) is 4.74. The maximum absolute atomic E-state index is 14.7. The fourth-order valence-corrected chi connectivity index (χ4v) is 4.03. The molecule has 0 spiro atoms. The maximum atomic E-state index is 14.7. The molecule has 0 fully saturated rings. The van der Waals surface area contributed by atoms with E-state index in [4.69, 9.17) is 4.42 Å². The topological polar surface area (TPSA) is 50.4 Å². The van der Waals surface area contributed by atoms with E-state index in [1.54, 1.807) is 12.1 Å². The summed E-state index contributed by atoms with van der Waals surface area (Å²) < 4.78 is 36.1. The van der Waals surface area contributed by atoms with Crippen molar-refractivity contribution < 1.29 is 18.0 Å². The Morgan fingerprint density at radius 3 is 2.81 bits per heavy atom. The van der Waals surface area contributed by atoms with Gasteiger partial charge in [-0.25, -0.2) is 8.78 Å². The maximum Gasteiger partial charge on any atom is 0.286 e. The van der Waals surface area contributed by atoms with Gasteiger partial charge in [0.2, 0.25) is 0 Å². The average molecular weight is 427 g/mol. The van der Waals surface area contributed by atoms with Gasteiger partial charge >= 0.3 is 0 Å². The summed E-state index contributed by atoms with van der Waals surface area (Å²) in [5.74, 6) is -0.00694. The third-order valence-electron chi connectivity index (χ3n) is 5.65. The number of hydrogen-bond acceptors (Lipinski definition) is 3. The van der Waals surface area contributed by atoms with Gasteiger partial charge in [0.1, 0.15) is 17.4 Å². The molecule has 5 nitrogen and oxygen atoms in total. The number of nitrogens with zero attached hydrogens (tertiary/aromatic N) is 2. The van der Waals surface area contributed by atoms with Crippen molar-refractivity contribution in [1.29, 1.82) is 0 Å². The van der Waals surface area contributed by atoms with Crippen molar-refractivity contribution in [3.8, 4) is 0 Å². The summed E-state index contributed by atoms with van der Waals surface area (Å²) in [5, 5.41) is 2.87. The Morgan fingerprint density at radius 2 is 2.03 bits per heavy atom. The quantitative estimate of drug-likeness (QED) is 0.593. The van der Waals surface area contributed by atoms with Crippen molar-refractivity contribution in [2.45, 2.75) is 39.4 Å². The van der Waals surface area contributed by atoms with Gasteiger partial charge in [0.25, 0.3) is 5.91 Å². The van der Waals surface area contributed by atoms with Crippen LogP contribution in [0.15, 0.2) is 53.1 Å². The number of amides is 1. The van der Waals surface area contributed by atoms with Crippen molar-refractivity contribution in [2.24, 2.45) is 5.92 Å². The van der Waals surface area contributed by atoms with Gasteiger partial charge in [0.05, 0.1) is 12.6 Å². The lowest BCUT2D eigenvalue weighted by Gasteiger charge is -2.37. The number of fused-ring (bicyclic) bond motifs is 1. The molecule has 1 aromatic carbocycles. The van der Waals surface area contributed by atoms with Gasteiger partial charge in [0.15, 0.2) is 5.76 Å². The van der Waals surface area contributed by atoms with Crippen LogP contribution in [-0.4, -0.2) is 28.5 Å². The Hall–Kier alpha value is -2.93. The van der Waals surface area contributed by atoms with Gasteiger partial charge in [-0.15, -0.1) is 0 Å². The summed E-state index contributed by atoms with van der Waals surface area (Å²) in [4.78, 5) is 14.4. The van der Waals surface area contributed by atoms with Crippen LogP contribution >= 0.6 is 0 Å². The number of carbonyl (C=O) groups excluding carboxylic acids is 1. The Labute approximate surface area is 180 Å². The molecule has 1 amide bonds. The molecule has 1 aliphatic rings. The zero-order valence-electron chi connectivity index (χ0n) is 17.8. The highest BCUT2D eigenvalue weighted by atomic mass is 19.1. The number of nitrogens with one attached hydrogen (secondary N) is 1. The molecule has 0 radical (unpaired) electrons. The molecular weight excluding hydrogens is 400 g/mol. The number of furan rings is 1. The van der Waals surface area contributed by atoms with E-state index in [1.807, 2.05) is 18.3 Å². The molecule has 31 heavy (non-hydrogen) atoms. The van der Waals surface area contributed by atoms with Crippen LogP contribution in [0.3, 0.4) is 0 Å². The minimum Gasteiger partial charge on any atom is -0.455 e. The van der Waals surface area contributed by atoms with E-state index in [0.29, 0.717) is 36.9 Å². The van der Waals surface area contributed by atoms with Crippen LogP contribution in [0.2, 0.25) is 0 Å². The van der Waals surface area contributed by atoms with Crippen LogP contribution < -0.4 is 5.32 Å². The van der Waals surface area contributed by atoms with Crippen molar-refractivity contribution >= 4 is 5.91 Å². The zero-order valence-corrected chi connectivity index (χ0v) is 17.8. The van der Waals surface area contributed by atoms with Crippen LogP contribution in [0.4, 0.5) is 8.78 Å². The van der Waals surface area contributed by atoms with Gasteiger partial charge in [-0.1, -0.05) is 19.9 Å². The monoisotopic (exact) mass is 427 g/mol. The first kappa shape index (κ1) is 21.3. The molecular formula is C24H27F2N3O2. The summed E-state index contributed by atoms with van der Waals surface area (Å²) in [5.41, 5.74) is 1.36. The average Bonchev–Trinajstić information content (AvgIpc) is 3.38. The highest BCUT2D eigenvalue weighted by Gasteiger charge is 2.31. The van der Waals surface area contributed by atoms with E-state index < -0.39 is 11.6 Å². The van der Waals surface area contributed by atoms with Gasteiger partial charge < -0.3 is 14.3 Å². The second-order valence-corrected chi connectivity index (χ2v) is 8.37.